The summed E-state index contributed by atoms with van der Waals surface area (Å²) in [7, 11) is -3.41. The number of benzene rings is 2. The first-order chi connectivity index (χ1) is 13.7. The first kappa shape index (κ1) is 22.9. The van der Waals surface area contributed by atoms with E-state index in [-0.39, 0.29) is 24.9 Å². The molecule has 2 rings (SSSR count). The molecule has 5 nitrogen and oxygen atoms in total. The standard InChI is InChI=1S/C23H32N2O3S/c1-18(2)16-22(20-11-6-5-7-12-20)24-23(26)14-9-15-25(29(4,27)28)21-13-8-10-19(3)17-21/h5-8,10-13,17-18,22H,9,14-16H2,1-4H3,(H,24,26)/t22-/m0/s1. The van der Waals surface area contributed by atoms with Crippen molar-refractivity contribution in [2.24, 2.45) is 5.92 Å². The Bertz CT molecular complexity index is 895. The molecule has 0 aromatic heterocycles. The summed E-state index contributed by atoms with van der Waals surface area (Å²) in [5.41, 5.74) is 2.72. The van der Waals surface area contributed by atoms with Crippen LogP contribution in [-0.4, -0.2) is 27.1 Å². The van der Waals surface area contributed by atoms with Crippen LogP contribution in [0.15, 0.2) is 54.6 Å². The van der Waals surface area contributed by atoms with Gasteiger partial charge in [-0.15, -0.1) is 0 Å². The Hall–Kier alpha value is -2.34. The summed E-state index contributed by atoms with van der Waals surface area (Å²) in [4.78, 5) is 12.6. The summed E-state index contributed by atoms with van der Waals surface area (Å²) in [5, 5.41) is 3.12. The zero-order chi connectivity index (χ0) is 21.4. The monoisotopic (exact) mass is 416 g/mol. The SMILES string of the molecule is Cc1cccc(N(CCCC(=O)N[C@@H](CC(C)C)c2ccccc2)S(C)(=O)=O)c1. The molecule has 0 radical (unpaired) electrons. The van der Waals surface area contributed by atoms with E-state index in [1.807, 2.05) is 55.5 Å². The lowest BCUT2D eigenvalue weighted by molar-refractivity contribution is -0.122. The third kappa shape index (κ3) is 7.54. The van der Waals surface area contributed by atoms with Crippen LogP contribution < -0.4 is 9.62 Å². The minimum atomic E-state index is -3.41. The number of aryl methyl sites for hydroxylation is 1. The number of hydrogen-bond donors (Lipinski definition) is 1. The second-order valence-corrected chi connectivity index (χ2v) is 9.84. The van der Waals surface area contributed by atoms with Gasteiger partial charge in [-0.3, -0.25) is 9.10 Å². The predicted molar refractivity (Wildman–Crippen MR) is 119 cm³/mol. The summed E-state index contributed by atoms with van der Waals surface area (Å²) >= 11 is 0. The smallest absolute Gasteiger partial charge is 0.232 e. The lowest BCUT2D eigenvalue weighted by atomic mass is 9.97. The van der Waals surface area contributed by atoms with E-state index in [0.29, 0.717) is 18.0 Å². The summed E-state index contributed by atoms with van der Waals surface area (Å²) in [6.45, 7) is 6.47. The fourth-order valence-corrected chi connectivity index (χ4v) is 4.31. The fourth-order valence-electron chi connectivity index (χ4n) is 3.35. The molecule has 0 aliphatic heterocycles. The van der Waals surface area contributed by atoms with Crippen molar-refractivity contribution < 1.29 is 13.2 Å². The summed E-state index contributed by atoms with van der Waals surface area (Å²) in [6, 6.07) is 17.3. The Labute approximate surface area is 175 Å². The van der Waals surface area contributed by atoms with Crippen LogP contribution in [0.4, 0.5) is 5.69 Å². The molecule has 1 atom stereocenters. The molecule has 0 fully saturated rings. The highest BCUT2D eigenvalue weighted by atomic mass is 32.2. The van der Waals surface area contributed by atoms with E-state index in [2.05, 4.69) is 19.2 Å². The quantitative estimate of drug-likeness (QED) is 0.622. The number of nitrogens with one attached hydrogen (secondary N) is 1. The molecule has 158 valence electrons. The van der Waals surface area contributed by atoms with Crippen molar-refractivity contribution in [3.8, 4) is 0 Å². The molecule has 0 saturated heterocycles. The molecule has 2 aromatic carbocycles. The molecule has 0 unspecified atom stereocenters. The molecule has 0 spiro atoms. The first-order valence-electron chi connectivity index (χ1n) is 10.1. The minimum absolute atomic E-state index is 0.0357. The summed E-state index contributed by atoms with van der Waals surface area (Å²) < 4.78 is 25.8. The van der Waals surface area contributed by atoms with E-state index >= 15 is 0 Å². The van der Waals surface area contributed by atoms with Gasteiger partial charge in [0, 0.05) is 13.0 Å². The van der Waals surface area contributed by atoms with Gasteiger partial charge in [0.05, 0.1) is 18.0 Å². The molecule has 0 heterocycles. The van der Waals surface area contributed by atoms with Gasteiger partial charge in [0.15, 0.2) is 0 Å². The van der Waals surface area contributed by atoms with E-state index in [4.69, 9.17) is 0 Å². The number of carbonyl (C=O) groups excluding carboxylic acids is 1. The van der Waals surface area contributed by atoms with Crippen LogP contribution in [0.3, 0.4) is 0 Å². The molecule has 0 aliphatic carbocycles. The van der Waals surface area contributed by atoms with Crippen LogP contribution in [0.25, 0.3) is 0 Å². The van der Waals surface area contributed by atoms with Gasteiger partial charge in [0.1, 0.15) is 0 Å². The first-order valence-corrected chi connectivity index (χ1v) is 11.9. The van der Waals surface area contributed by atoms with Crippen molar-refractivity contribution in [3.05, 3.63) is 65.7 Å². The highest BCUT2D eigenvalue weighted by Gasteiger charge is 2.19. The van der Waals surface area contributed by atoms with Gasteiger partial charge in [-0.05, 0) is 48.9 Å². The molecular formula is C23H32N2O3S. The fraction of sp³-hybridized carbons (Fsp3) is 0.435. The molecule has 0 saturated carbocycles. The molecular weight excluding hydrogens is 384 g/mol. The average molecular weight is 417 g/mol. The van der Waals surface area contributed by atoms with E-state index in [9.17, 15) is 13.2 Å². The number of rotatable bonds is 10. The molecule has 1 amide bonds. The Morgan fingerprint density at radius 3 is 2.34 bits per heavy atom. The van der Waals surface area contributed by atoms with Crippen LogP contribution in [0, 0.1) is 12.8 Å². The molecule has 0 bridgehead atoms. The second-order valence-electron chi connectivity index (χ2n) is 7.94. The Kier molecular flexibility index (Phi) is 8.26. The molecule has 2 aromatic rings. The van der Waals surface area contributed by atoms with Gasteiger partial charge in [-0.25, -0.2) is 8.42 Å². The number of nitrogens with zero attached hydrogens (tertiary/aromatic N) is 1. The van der Waals surface area contributed by atoms with Crippen molar-refractivity contribution in [1.29, 1.82) is 0 Å². The van der Waals surface area contributed by atoms with Crippen molar-refractivity contribution >= 4 is 21.6 Å². The van der Waals surface area contributed by atoms with E-state index < -0.39 is 10.0 Å². The summed E-state index contributed by atoms with van der Waals surface area (Å²) in [6.07, 6.45) is 2.79. The van der Waals surface area contributed by atoms with Crippen LogP contribution >= 0.6 is 0 Å². The maximum absolute atomic E-state index is 12.6. The Morgan fingerprint density at radius 1 is 1.07 bits per heavy atom. The average Bonchev–Trinajstić information content (AvgIpc) is 2.64. The largest absolute Gasteiger partial charge is 0.349 e. The van der Waals surface area contributed by atoms with Crippen molar-refractivity contribution in [3.63, 3.8) is 0 Å². The molecule has 6 heteroatoms. The van der Waals surface area contributed by atoms with Crippen molar-refractivity contribution in [1.82, 2.24) is 5.32 Å². The Morgan fingerprint density at radius 2 is 1.76 bits per heavy atom. The second kappa shape index (κ2) is 10.4. The predicted octanol–water partition coefficient (Wildman–Crippen LogP) is 4.44. The van der Waals surface area contributed by atoms with Crippen LogP contribution in [-0.2, 0) is 14.8 Å². The summed E-state index contributed by atoms with van der Waals surface area (Å²) in [5.74, 6) is 0.389. The molecule has 0 aliphatic rings. The van der Waals surface area contributed by atoms with Gasteiger partial charge in [0.25, 0.3) is 0 Å². The number of carbonyl (C=O) groups is 1. The maximum atomic E-state index is 12.6. The zero-order valence-electron chi connectivity index (χ0n) is 17.8. The highest BCUT2D eigenvalue weighted by molar-refractivity contribution is 7.92. The number of anilines is 1. The zero-order valence-corrected chi connectivity index (χ0v) is 18.6. The molecule has 1 N–H and O–H groups in total. The van der Waals surface area contributed by atoms with Crippen molar-refractivity contribution in [2.75, 3.05) is 17.1 Å². The third-order valence-corrected chi connectivity index (χ3v) is 5.89. The van der Waals surface area contributed by atoms with Crippen LogP contribution in [0.1, 0.15) is 50.3 Å². The maximum Gasteiger partial charge on any atom is 0.232 e. The number of amides is 1. The third-order valence-electron chi connectivity index (χ3n) is 4.70. The van der Waals surface area contributed by atoms with Gasteiger partial charge < -0.3 is 5.32 Å². The van der Waals surface area contributed by atoms with E-state index in [1.165, 1.54) is 10.6 Å². The van der Waals surface area contributed by atoms with E-state index in [1.54, 1.807) is 6.07 Å². The van der Waals surface area contributed by atoms with Gasteiger partial charge in [-0.1, -0.05) is 56.3 Å². The van der Waals surface area contributed by atoms with Gasteiger partial charge >= 0.3 is 0 Å². The van der Waals surface area contributed by atoms with Crippen molar-refractivity contribution in [2.45, 2.75) is 46.1 Å². The van der Waals surface area contributed by atoms with Crippen LogP contribution in [0.5, 0.6) is 0 Å². The van der Waals surface area contributed by atoms with Gasteiger partial charge in [0.2, 0.25) is 15.9 Å². The van der Waals surface area contributed by atoms with Crippen LogP contribution in [0.2, 0.25) is 0 Å². The minimum Gasteiger partial charge on any atom is -0.349 e. The van der Waals surface area contributed by atoms with Gasteiger partial charge in [-0.2, -0.15) is 0 Å². The lowest BCUT2D eigenvalue weighted by Crippen LogP contribution is -2.33. The Balaban J connectivity index is 1.99. The number of sulfonamides is 1. The normalized spacial score (nSPS) is 12.6. The van der Waals surface area contributed by atoms with E-state index in [0.717, 1.165) is 17.5 Å². The number of hydrogen-bond acceptors (Lipinski definition) is 3. The topological polar surface area (TPSA) is 66.5 Å². The lowest BCUT2D eigenvalue weighted by Gasteiger charge is -2.24. The highest BCUT2D eigenvalue weighted by Crippen LogP contribution is 2.22. The molecule has 29 heavy (non-hydrogen) atoms.